The Kier molecular flexibility index (Phi) is 3.76. The summed E-state index contributed by atoms with van der Waals surface area (Å²) in [4.78, 5) is 0. The van der Waals surface area contributed by atoms with E-state index in [1.807, 2.05) is 6.92 Å². The van der Waals surface area contributed by atoms with Gasteiger partial charge in [0, 0.05) is 6.42 Å². The fourth-order valence-electron chi connectivity index (χ4n) is 2.94. The predicted molar refractivity (Wildman–Crippen MR) is 69.0 cm³/mol. The molecule has 0 aromatic carbocycles. The number of aliphatic hydroxyl groups excluding tert-OH is 1. The standard InChI is InChI=1S/C14H24N2O2/c1-9-12(16-18-15-9)8-10-7-11(14(2,3)4)5-6-13(10)17/h10-11,13,17H,5-8H2,1-4H3. The summed E-state index contributed by atoms with van der Waals surface area (Å²) < 4.78 is 4.73. The number of rotatable bonds is 2. The zero-order valence-corrected chi connectivity index (χ0v) is 11.8. The average molecular weight is 252 g/mol. The van der Waals surface area contributed by atoms with Crippen molar-refractivity contribution in [1.29, 1.82) is 0 Å². The second kappa shape index (κ2) is 5.00. The van der Waals surface area contributed by atoms with Crippen LogP contribution in [0.3, 0.4) is 0 Å². The molecule has 102 valence electrons. The van der Waals surface area contributed by atoms with Crippen molar-refractivity contribution in [2.75, 3.05) is 0 Å². The molecule has 0 spiro atoms. The second-order valence-corrected chi connectivity index (χ2v) is 6.70. The van der Waals surface area contributed by atoms with Crippen LogP contribution in [0, 0.1) is 24.2 Å². The van der Waals surface area contributed by atoms with Crippen LogP contribution >= 0.6 is 0 Å². The second-order valence-electron chi connectivity index (χ2n) is 6.70. The van der Waals surface area contributed by atoms with Gasteiger partial charge in [0.25, 0.3) is 0 Å². The van der Waals surface area contributed by atoms with Crippen LogP contribution in [0.2, 0.25) is 0 Å². The van der Waals surface area contributed by atoms with Gasteiger partial charge in [-0.05, 0) is 43.4 Å². The Bertz CT molecular complexity index is 395. The Morgan fingerprint density at radius 3 is 2.56 bits per heavy atom. The summed E-state index contributed by atoms with van der Waals surface area (Å²) in [6.07, 6.45) is 3.66. The maximum atomic E-state index is 10.2. The van der Waals surface area contributed by atoms with E-state index in [-0.39, 0.29) is 12.0 Å². The van der Waals surface area contributed by atoms with Crippen molar-refractivity contribution in [2.24, 2.45) is 17.3 Å². The topological polar surface area (TPSA) is 59.2 Å². The lowest BCUT2D eigenvalue weighted by molar-refractivity contribution is 0.0189. The normalized spacial score (nSPS) is 29.5. The van der Waals surface area contributed by atoms with Gasteiger partial charge in [-0.25, -0.2) is 4.63 Å². The molecule has 1 aromatic rings. The molecule has 18 heavy (non-hydrogen) atoms. The van der Waals surface area contributed by atoms with Crippen molar-refractivity contribution in [2.45, 2.75) is 59.5 Å². The number of nitrogens with zero attached hydrogens (tertiary/aromatic N) is 2. The molecule has 2 rings (SSSR count). The lowest BCUT2D eigenvalue weighted by atomic mass is 9.67. The highest BCUT2D eigenvalue weighted by Gasteiger charge is 2.35. The minimum absolute atomic E-state index is 0.209. The summed E-state index contributed by atoms with van der Waals surface area (Å²) in [5, 5.41) is 17.9. The van der Waals surface area contributed by atoms with Gasteiger partial charge in [-0.3, -0.25) is 0 Å². The molecule has 1 N–H and O–H groups in total. The van der Waals surface area contributed by atoms with Crippen LogP contribution < -0.4 is 0 Å². The first-order valence-corrected chi connectivity index (χ1v) is 6.84. The molecule has 0 bridgehead atoms. The highest BCUT2D eigenvalue weighted by molar-refractivity contribution is 5.06. The quantitative estimate of drug-likeness (QED) is 0.879. The fourth-order valence-corrected chi connectivity index (χ4v) is 2.94. The first-order valence-electron chi connectivity index (χ1n) is 6.84. The van der Waals surface area contributed by atoms with Gasteiger partial charge in [0.15, 0.2) is 0 Å². The van der Waals surface area contributed by atoms with Crippen molar-refractivity contribution in [3.8, 4) is 0 Å². The summed E-state index contributed by atoms with van der Waals surface area (Å²) in [5.74, 6) is 0.958. The summed E-state index contributed by atoms with van der Waals surface area (Å²) in [7, 11) is 0. The number of aryl methyl sites for hydroxylation is 1. The smallest absolute Gasteiger partial charge is 0.108 e. The molecule has 1 aliphatic rings. The Hall–Kier alpha value is -0.900. The summed E-state index contributed by atoms with van der Waals surface area (Å²) >= 11 is 0. The van der Waals surface area contributed by atoms with E-state index in [0.29, 0.717) is 11.3 Å². The van der Waals surface area contributed by atoms with E-state index in [1.165, 1.54) is 0 Å². The predicted octanol–water partition coefficient (Wildman–Crippen LogP) is 2.74. The summed E-state index contributed by atoms with van der Waals surface area (Å²) in [6.45, 7) is 8.77. The van der Waals surface area contributed by atoms with Crippen LogP contribution in [0.15, 0.2) is 4.63 Å². The van der Waals surface area contributed by atoms with Gasteiger partial charge in [0.2, 0.25) is 0 Å². The third kappa shape index (κ3) is 2.91. The minimum atomic E-state index is -0.209. The molecule has 1 saturated carbocycles. The molecular formula is C14H24N2O2. The summed E-state index contributed by atoms with van der Waals surface area (Å²) in [5.41, 5.74) is 2.06. The number of hydrogen-bond donors (Lipinski definition) is 1. The maximum Gasteiger partial charge on any atom is 0.108 e. The third-order valence-corrected chi connectivity index (χ3v) is 4.37. The molecule has 1 fully saturated rings. The van der Waals surface area contributed by atoms with Crippen LogP contribution in [-0.2, 0) is 6.42 Å². The maximum absolute atomic E-state index is 10.2. The van der Waals surface area contributed by atoms with Gasteiger partial charge in [-0.15, -0.1) is 0 Å². The molecule has 4 heteroatoms. The van der Waals surface area contributed by atoms with Crippen LogP contribution in [0.25, 0.3) is 0 Å². The van der Waals surface area contributed by atoms with Crippen molar-refractivity contribution < 1.29 is 9.74 Å². The molecule has 3 unspecified atom stereocenters. The summed E-state index contributed by atoms with van der Waals surface area (Å²) in [6, 6.07) is 0. The Morgan fingerprint density at radius 2 is 2.00 bits per heavy atom. The van der Waals surface area contributed by atoms with E-state index in [9.17, 15) is 5.11 Å². The lowest BCUT2D eigenvalue weighted by Gasteiger charge is -2.40. The first kappa shape index (κ1) is 13.5. The van der Waals surface area contributed by atoms with E-state index in [1.54, 1.807) is 0 Å². The van der Waals surface area contributed by atoms with Crippen LogP contribution in [0.5, 0.6) is 0 Å². The Labute approximate surface area is 109 Å². The zero-order chi connectivity index (χ0) is 13.3. The Balaban J connectivity index is 2.04. The largest absolute Gasteiger partial charge is 0.393 e. The molecule has 0 radical (unpaired) electrons. The zero-order valence-electron chi connectivity index (χ0n) is 11.8. The fraction of sp³-hybridized carbons (Fsp3) is 0.857. The van der Waals surface area contributed by atoms with E-state index in [4.69, 9.17) is 4.63 Å². The number of aromatic nitrogens is 2. The van der Waals surface area contributed by atoms with Crippen LogP contribution in [0.1, 0.15) is 51.4 Å². The first-order chi connectivity index (χ1) is 8.38. The van der Waals surface area contributed by atoms with Crippen molar-refractivity contribution in [1.82, 2.24) is 10.3 Å². The highest BCUT2D eigenvalue weighted by Crippen LogP contribution is 2.41. The molecule has 0 saturated heterocycles. The van der Waals surface area contributed by atoms with E-state index < -0.39 is 0 Å². The van der Waals surface area contributed by atoms with Crippen LogP contribution in [0.4, 0.5) is 0 Å². The Morgan fingerprint density at radius 1 is 1.28 bits per heavy atom. The van der Waals surface area contributed by atoms with Crippen molar-refractivity contribution >= 4 is 0 Å². The average Bonchev–Trinajstić information content (AvgIpc) is 2.66. The third-order valence-electron chi connectivity index (χ3n) is 4.37. The molecule has 1 heterocycles. The van der Waals surface area contributed by atoms with Gasteiger partial charge in [0.1, 0.15) is 11.4 Å². The lowest BCUT2D eigenvalue weighted by Crippen LogP contribution is -2.35. The molecule has 0 amide bonds. The van der Waals surface area contributed by atoms with Gasteiger partial charge in [-0.1, -0.05) is 31.1 Å². The molecule has 3 atom stereocenters. The van der Waals surface area contributed by atoms with Gasteiger partial charge in [0.05, 0.1) is 6.10 Å². The van der Waals surface area contributed by atoms with E-state index >= 15 is 0 Å². The van der Waals surface area contributed by atoms with Crippen molar-refractivity contribution in [3.63, 3.8) is 0 Å². The molecule has 4 nitrogen and oxygen atoms in total. The molecule has 0 aliphatic heterocycles. The van der Waals surface area contributed by atoms with Crippen LogP contribution in [-0.4, -0.2) is 21.5 Å². The van der Waals surface area contributed by atoms with Gasteiger partial charge >= 0.3 is 0 Å². The van der Waals surface area contributed by atoms with Gasteiger partial charge in [-0.2, -0.15) is 0 Å². The minimum Gasteiger partial charge on any atom is -0.393 e. The number of hydrogen-bond acceptors (Lipinski definition) is 4. The molecular weight excluding hydrogens is 228 g/mol. The number of aliphatic hydroxyl groups is 1. The van der Waals surface area contributed by atoms with E-state index in [0.717, 1.165) is 37.1 Å². The molecule has 1 aromatic heterocycles. The molecule has 1 aliphatic carbocycles. The SMILES string of the molecule is Cc1nonc1CC1CC(C(C)(C)C)CCC1O. The van der Waals surface area contributed by atoms with Gasteiger partial charge < -0.3 is 5.11 Å². The van der Waals surface area contributed by atoms with E-state index in [2.05, 4.69) is 31.1 Å². The monoisotopic (exact) mass is 252 g/mol. The highest BCUT2D eigenvalue weighted by atomic mass is 16.6. The van der Waals surface area contributed by atoms with Crippen molar-refractivity contribution in [3.05, 3.63) is 11.4 Å².